The number of thiophene rings is 1. The molecule has 0 atom stereocenters. The third-order valence-electron chi connectivity index (χ3n) is 5.47. The minimum Gasteiger partial charge on any atom is -0.152 e. The summed E-state index contributed by atoms with van der Waals surface area (Å²) < 4.78 is 0. The van der Waals surface area contributed by atoms with Gasteiger partial charge < -0.3 is 0 Å². The van der Waals surface area contributed by atoms with Crippen LogP contribution in [0.1, 0.15) is 22.3 Å². The topological polar surface area (TPSA) is 0 Å². The van der Waals surface area contributed by atoms with Crippen LogP contribution in [0.4, 0.5) is 0 Å². The molecule has 1 heteroatoms. The maximum Gasteiger partial charge on any atom is -0.00145 e. The van der Waals surface area contributed by atoms with Gasteiger partial charge in [-0.1, -0.05) is 115 Å². The highest BCUT2D eigenvalue weighted by atomic mass is 32.1. The molecule has 5 aromatic rings. The smallest absolute Gasteiger partial charge is 0.00145 e. The zero-order chi connectivity index (χ0) is 20.9. The van der Waals surface area contributed by atoms with Crippen LogP contribution < -0.4 is 0 Å². The molecule has 5 rings (SSSR count). The van der Waals surface area contributed by atoms with Gasteiger partial charge in [-0.25, -0.2) is 0 Å². The van der Waals surface area contributed by atoms with Crippen LogP contribution in [0.3, 0.4) is 0 Å². The Balaban J connectivity index is 1.90. The van der Waals surface area contributed by atoms with Crippen LogP contribution in [0.15, 0.2) is 132 Å². The summed E-state index contributed by atoms with van der Waals surface area (Å²) in [6, 6.07) is 43.2. The molecule has 0 saturated carbocycles. The summed E-state index contributed by atoms with van der Waals surface area (Å²) in [5.74, 6) is 0. The first-order chi connectivity index (χ1) is 15.4. The molecule has 0 spiro atoms. The predicted octanol–water partition coefficient (Wildman–Crippen LogP) is 8.42. The van der Waals surface area contributed by atoms with Gasteiger partial charge in [0.25, 0.3) is 0 Å². The Hall–Kier alpha value is -3.68. The van der Waals surface area contributed by atoms with Gasteiger partial charge in [0, 0.05) is 0 Å². The largest absolute Gasteiger partial charge is 0.152 e. The van der Waals surface area contributed by atoms with Crippen molar-refractivity contribution in [1.29, 1.82) is 0 Å². The lowest BCUT2D eigenvalue weighted by Crippen LogP contribution is -1.99. The molecule has 0 aliphatic carbocycles. The fourth-order valence-corrected chi connectivity index (χ4v) is 4.73. The molecule has 148 valence electrons. The van der Waals surface area contributed by atoms with Crippen molar-refractivity contribution >= 4 is 22.5 Å². The van der Waals surface area contributed by atoms with Crippen molar-refractivity contribution < 1.29 is 0 Å². The SMILES string of the molecule is c1ccc(C(=C(c2ccccc2)c2ccccc2-c2ccsc2)c2ccccc2)cc1. The molecule has 0 N–H and O–H groups in total. The van der Waals surface area contributed by atoms with Crippen molar-refractivity contribution in [2.45, 2.75) is 0 Å². The monoisotopic (exact) mass is 414 g/mol. The minimum atomic E-state index is 1.22. The summed E-state index contributed by atoms with van der Waals surface area (Å²) in [7, 11) is 0. The molecule has 0 fully saturated rings. The average molecular weight is 415 g/mol. The number of benzene rings is 4. The maximum atomic E-state index is 2.25. The van der Waals surface area contributed by atoms with Gasteiger partial charge in [-0.15, -0.1) is 0 Å². The van der Waals surface area contributed by atoms with E-state index in [4.69, 9.17) is 0 Å². The van der Waals surface area contributed by atoms with Gasteiger partial charge in [-0.05, 0) is 61.4 Å². The summed E-state index contributed by atoms with van der Waals surface area (Å²) in [5, 5.41) is 4.37. The van der Waals surface area contributed by atoms with E-state index in [2.05, 4.69) is 132 Å². The van der Waals surface area contributed by atoms with E-state index in [1.165, 1.54) is 44.5 Å². The molecular weight excluding hydrogens is 392 g/mol. The maximum absolute atomic E-state index is 2.25. The summed E-state index contributed by atoms with van der Waals surface area (Å²) in [5.41, 5.74) is 9.90. The van der Waals surface area contributed by atoms with E-state index in [1.807, 2.05) is 0 Å². The Labute approximate surface area is 187 Å². The van der Waals surface area contributed by atoms with Gasteiger partial charge in [0.1, 0.15) is 0 Å². The van der Waals surface area contributed by atoms with Crippen molar-refractivity contribution in [2.24, 2.45) is 0 Å². The molecule has 0 nitrogen and oxygen atoms in total. The van der Waals surface area contributed by atoms with E-state index >= 15 is 0 Å². The normalized spacial score (nSPS) is 10.6. The van der Waals surface area contributed by atoms with Crippen molar-refractivity contribution in [2.75, 3.05) is 0 Å². The summed E-state index contributed by atoms with van der Waals surface area (Å²) >= 11 is 1.74. The molecule has 1 aromatic heterocycles. The predicted molar refractivity (Wildman–Crippen MR) is 134 cm³/mol. The van der Waals surface area contributed by atoms with E-state index in [9.17, 15) is 0 Å². The highest BCUT2D eigenvalue weighted by Gasteiger charge is 2.18. The van der Waals surface area contributed by atoms with Gasteiger partial charge in [0.05, 0.1) is 0 Å². The molecule has 0 radical (unpaired) electrons. The lowest BCUT2D eigenvalue weighted by Gasteiger charge is -2.20. The Morgan fingerprint density at radius 2 is 0.935 bits per heavy atom. The lowest BCUT2D eigenvalue weighted by atomic mass is 9.83. The number of rotatable bonds is 5. The fourth-order valence-electron chi connectivity index (χ4n) is 4.07. The standard InChI is InChI=1S/C30H22S/c1-4-12-23(13-5-1)29(24-14-6-2-7-15-24)30(25-16-8-3-9-17-25)28-19-11-10-18-27(28)26-20-21-31-22-26/h1-22H. The minimum absolute atomic E-state index is 1.22. The second kappa shape index (κ2) is 8.99. The van der Waals surface area contributed by atoms with E-state index < -0.39 is 0 Å². The van der Waals surface area contributed by atoms with Crippen LogP contribution >= 0.6 is 11.3 Å². The quantitative estimate of drug-likeness (QED) is 0.253. The Morgan fingerprint density at radius 3 is 1.45 bits per heavy atom. The van der Waals surface area contributed by atoms with E-state index in [-0.39, 0.29) is 0 Å². The van der Waals surface area contributed by atoms with Gasteiger partial charge in [0.15, 0.2) is 0 Å². The van der Waals surface area contributed by atoms with E-state index in [0.717, 1.165) is 0 Å². The third-order valence-corrected chi connectivity index (χ3v) is 6.15. The van der Waals surface area contributed by atoms with Crippen LogP contribution in [0.2, 0.25) is 0 Å². The van der Waals surface area contributed by atoms with Crippen LogP contribution in [0.5, 0.6) is 0 Å². The first kappa shape index (κ1) is 19.3. The molecule has 4 aromatic carbocycles. The molecule has 1 heterocycles. The summed E-state index contributed by atoms with van der Waals surface area (Å²) in [4.78, 5) is 0. The van der Waals surface area contributed by atoms with E-state index in [0.29, 0.717) is 0 Å². The highest BCUT2D eigenvalue weighted by molar-refractivity contribution is 7.08. The summed E-state index contributed by atoms with van der Waals surface area (Å²) in [6.07, 6.45) is 0. The molecular formula is C30H22S. The van der Waals surface area contributed by atoms with Crippen LogP contribution in [-0.2, 0) is 0 Å². The van der Waals surface area contributed by atoms with Crippen LogP contribution in [0, 0.1) is 0 Å². The second-order valence-electron chi connectivity index (χ2n) is 7.41. The Kier molecular flexibility index (Phi) is 5.60. The zero-order valence-electron chi connectivity index (χ0n) is 17.1. The first-order valence-electron chi connectivity index (χ1n) is 10.4. The fraction of sp³-hybridized carbons (Fsp3) is 0. The lowest BCUT2D eigenvalue weighted by molar-refractivity contribution is 1.50. The molecule has 0 unspecified atom stereocenters. The van der Waals surface area contributed by atoms with Gasteiger partial charge in [0.2, 0.25) is 0 Å². The van der Waals surface area contributed by atoms with Gasteiger partial charge in [-0.3, -0.25) is 0 Å². The highest BCUT2D eigenvalue weighted by Crippen LogP contribution is 2.40. The van der Waals surface area contributed by atoms with Crippen LogP contribution in [-0.4, -0.2) is 0 Å². The van der Waals surface area contributed by atoms with Crippen molar-refractivity contribution in [3.8, 4) is 11.1 Å². The zero-order valence-corrected chi connectivity index (χ0v) is 17.9. The second-order valence-corrected chi connectivity index (χ2v) is 8.19. The van der Waals surface area contributed by atoms with E-state index in [1.54, 1.807) is 11.3 Å². The number of hydrogen-bond acceptors (Lipinski definition) is 1. The average Bonchev–Trinajstić information content (AvgIpc) is 3.39. The molecule has 31 heavy (non-hydrogen) atoms. The molecule has 0 bridgehead atoms. The third kappa shape index (κ3) is 4.01. The molecule has 0 saturated heterocycles. The first-order valence-corrected chi connectivity index (χ1v) is 11.4. The number of hydrogen-bond donors (Lipinski definition) is 0. The van der Waals surface area contributed by atoms with Crippen molar-refractivity contribution in [3.05, 3.63) is 154 Å². The van der Waals surface area contributed by atoms with Gasteiger partial charge in [-0.2, -0.15) is 11.3 Å². The summed E-state index contributed by atoms with van der Waals surface area (Å²) in [6.45, 7) is 0. The van der Waals surface area contributed by atoms with Crippen LogP contribution in [0.25, 0.3) is 22.3 Å². The van der Waals surface area contributed by atoms with Gasteiger partial charge >= 0.3 is 0 Å². The Morgan fingerprint density at radius 1 is 0.452 bits per heavy atom. The molecule has 0 aliphatic rings. The molecule has 0 aliphatic heterocycles. The molecule has 0 amide bonds. The Bertz CT molecular complexity index is 1240. The van der Waals surface area contributed by atoms with Crippen molar-refractivity contribution in [3.63, 3.8) is 0 Å². The van der Waals surface area contributed by atoms with Crippen molar-refractivity contribution in [1.82, 2.24) is 0 Å².